The molecule has 0 aliphatic rings. The van der Waals surface area contributed by atoms with Crippen molar-refractivity contribution in [1.29, 1.82) is 0 Å². The van der Waals surface area contributed by atoms with Crippen molar-refractivity contribution in [2.75, 3.05) is 0 Å². The molecule has 0 bridgehead atoms. The molecular formula is C21H35NO. The van der Waals surface area contributed by atoms with Gasteiger partial charge in [-0.3, -0.25) is 4.79 Å². The highest BCUT2D eigenvalue weighted by atomic mass is 16.1. The van der Waals surface area contributed by atoms with Crippen molar-refractivity contribution in [2.24, 2.45) is 5.92 Å². The highest BCUT2D eigenvalue weighted by molar-refractivity contribution is 5.71. The third kappa shape index (κ3) is 11.0. The molecule has 0 spiro atoms. The molecule has 0 aromatic carbocycles. The molecule has 23 heavy (non-hydrogen) atoms. The monoisotopic (exact) mass is 317 g/mol. The number of aryl methyl sites for hydroxylation is 1. The van der Waals surface area contributed by atoms with Crippen LogP contribution >= 0.6 is 0 Å². The fraction of sp³-hybridized carbons (Fsp3) is 0.667. The molecule has 130 valence electrons. The summed E-state index contributed by atoms with van der Waals surface area (Å²) < 4.78 is 0. The van der Waals surface area contributed by atoms with E-state index >= 15 is 0 Å². The summed E-state index contributed by atoms with van der Waals surface area (Å²) in [5.41, 5.74) is 1.87. The van der Waals surface area contributed by atoms with E-state index in [2.05, 4.69) is 31.0 Å². The second-order valence-electron chi connectivity index (χ2n) is 7.01. The third-order valence-electron chi connectivity index (χ3n) is 4.28. The summed E-state index contributed by atoms with van der Waals surface area (Å²) in [6, 6.07) is 3.88. The Morgan fingerprint density at radius 1 is 0.913 bits per heavy atom. The number of carbonyl (C=O) groups excluding carboxylic acids is 1. The Bertz CT molecular complexity index is 431. The van der Waals surface area contributed by atoms with Crippen LogP contribution in [0, 0.1) is 5.92 Å². The van der Waals surface area contributed by atoms with Crippen molar-refractivity contribution in [3.05, 3.63) is 35.7 Å². The molecule has 1 heterocycles. The van der Waals surface area contributed by atoms with Crippen LogP contribution in [0.4, 0.5) is 0 Å². The summed E-state index contributed by atoms with van der Waals surface area (Å²) in [5, 5.41) is 0. The van der Waals surface area contributed by atoms with E-state index in [9.17, 15) is 4.79 Å². The molecule has 0 fully saturated rings. The Morgan fingerprint density at radius 3 is 2.17 bits per heavy atom. The summed E-state index contributed by atoms with van der Waals surface area (Å²) >= 11 is 0. The van der Waals surface area contributed by atoms with Crippen LogP contribution in [0.2, 0.25) is 0 Å². The SMILES string of the molecule is CC(C)CCCCC/C=C\CCCCCCc1ccc(C=O)[nH]1. The van der Waals surface area contributed by atoms with E-state index in [0.717, 1.165) is 18.6 Å². The number of hydrogen-bond acceptors (Lipinski definition) is 1. The lowest BCUT2D eigenvalue weighted by Gasteiger charge is -2.02. The Labute approximate surface area is 142 Å². The maximum atomic E-state index is 10.6. The number of rotatable bonds is 14. The molecule has 1 N–H and O–H groups in total. The van der Waals surface area contributed by atoms with Gasteiger partial charge < -0.3 is 4.98 Å². The van der Waals surface area contributed by atoms with Gasteiger partial charge in [-0.2, -0.15) is 0 Å². The smallest absolute Gasteiger partial charge is 0.166 e. The summed E-state index contributed by atoms with van der Waals surface area (Å²) in [4.78, 5) is 13.7. The fourth-order valence-electron chi connectivity index (χ4n) is 2.83. The molecule has 1 aromatic rings. The van der Waals surface area contributed by atoms with Crippen molar-refractivity contribution in [3.8, 4) is 0 Å². The average molecular weight is 318 g/mol. The quantitative estimate of drug-likeness (QED) is 0.238. The predicted molar refractivity (Wildman–Crippen MR) is 100 cm³/mol. The number of hydrogen-bond donors (Lipinski definition) is 1. The van der Waals surface area contributed by atoms with Crippen LogP contribution in [0.25, 0.3) is 0 Å². The molecule has 0 saturated heterocycles. The number of H-pyrrole nitrogens is 1. The molecule has 0 aliphatic heterocycles. The predicted octanol–water partition coefficient (Wildman–Crippen LogP) is 6.48. The topological polar surface area (TPSA) is 32.9 Å². The van der Waals surface area contributed by atoms with Gasteiger partial charge in [-0.15, -0.1) is 0 Å². The minimum absolute atomic E-state index is 0.689. The first kappa shape index (κ1) is 19.7. The normalized spacial score (nSPS) is 11.6. The van der Waals surface area contributed by atoms with Crippen LogP contribution < -0.4 is 0 Å². The van der Waals surface area contributed by atoms with Crippen LogP contribution in [-0.2, 0) is 6.42 Å². The van der Waals surface area contributed by atoms with E-state index in [4.69, 9.17) is 0 Å². The number of aromatic amines is 1. The second-order valence-corrected chi connectivity index (χ2v) is 7.01. The van der Waals surface area contributed by atoms with E-state index in [1.165, 1.54) is 69.9 Å². The van der Waals surface area contributed by atoms with Gasteiger partial charge >= 0.3 is 0 Å². The van der Waals surface area contributed by atoms with Crippen LogP contribution in [0.15, 0.2) is 24.3 Å². The first-order valence-electron chi connectivity index (χ1n) is 9.50. The first-order valence-corrected chi connectivity index (χ1v) is 9.50. The number of allylic oxidation sites excluding steroid dienone is 2. The van der Waals surface area contributed by atoms with Crippen molar-refractivity contribution >= 4 is 6.29 Å². The standard InChI is InChI=1S/C21H35NO/c1-19(2)14-12-10-8-6-4-3-5-7-9-11-13-15-20-16-17-21(18-23)22-20/h3-4,16-19,22H,5-15H2,1-2H3/b4-3-. The minimum atomic E-state index is 0.689. The van der Waals surface area contributed by atoms with E-state index < -0.39 is 0 Å². The molecule has 0 radical (unpaired) electrons. The summed E-state index contributed by atoms with van der Waals surface area (Å²) in [7, 11) is 0. The van der Waals surface area contributed by atoms with Crippen molar-refractivity contribution in [2.45, 2.75) is 84.5 Å². The first-order chi connectivity index (χ1) is 11.2. The van der Waals surface area contributed by atoms with E-state index in [-0.39, 0.29) is 0 Å². The van der Waals surface area contributed by atoms with Gasteiger partial charge in [0, 0.05) is 5.69 Å². The fourth-order valence-corrected chi connectivity index (χ4v) is 2.83. The molecule has 0 unspecified atom stereocenters. The lowest BCUT2D eigenvalue weighted by atomic mass is 10.0. The second kappa shape index (κ2) is 13.2. The van der Waals surface area contributed by atoms with Gasteiger partial charge in [-0.25, -0.2) is 0 Å². The van der Waals surface area contributed by atoms with Gasteiger partial charge in [-0.1, -0.05) is 58.1 Å². The number of unbranched alkanes of at least 4 members (excludes halogenated alkanes) is 7. The van der Waals surface area contributed by atoms with Gasteiger partial charge in [-0.05, 0) is 56.6 Å². The highest BCUT2D eigenvalue weighted by Crippen LogP contribution is 2.11. The third-order valence-corrected chi connectivity index (χ3v) is 4.28. The number of aldehydes is 1. The van der Waals surface area contributed by atoms with E-state index in [1.54, 1.807) is 0 Å². The van der Waals surface area contributed by atoms with Crippen LogP contribution in [0.3, 0.4) is 0 Å². The zero-order chi connectivity index (χ0) is 16.8. The molecule has 1 rings (SSSR count). The van der Waals surface area contributed by atoms with Gasteiger partial charge in [0.2, 0.25) is 0 Å². The number of nitrogens with one attached hydrogen (secondary N) is 1. The van der Waals surface area contributed by atoms with E-state index in [1.807, 2.05) is 12.1 Å². The Kier molecular flexibility index (Phi) is 11.3. The van der Waals surface area contributed by atoms with Crippen LogP contribution in [-0.4, -0.2) is 11.3 Å². The summed E-state index contributed by atoms with van der Waals surface area (Å²) in [6.07, 6.45) is 19.7. The zero-order valence-electron chi connectivity index (χ0n) is 15.2. The molecule has 2 heteroatoms. The molecule has 0 aliphatic carbocycles. The van der Waals surface area contributed by atoms with Gasteiger partial charge in [0.25, 0.3) is 0 Å². The summed E-state index contributed by atoms with van der Waals surface area (Å²) in [5.74, 6) is 0.856. The molecule has 0 atom stereocenters. The maximum absolute atomic E-state index is 10.6. The largest absolute Gasteiger partial charge is 0.356 e. The number of aromatic nitrogens is 1. The average Bonchev–Trinajstić information content (AvgIpc) is 2.99. The van der Waals surface area contributed by atoms with E-state index in [0.29, 0.717) is 5.69 Å². The van der Waals surface area contributed by atoms with Gasteiger partial charge in [0.15, 0.2) is 6.29 Å². The van der Waals surface area contributed by atoms with Crippen LogP contribution in [0.5, 0.6) is 0 Å². The maximum Gasteiger partial charge on any atom is 0.166 e. The van der Waals surface area contributed by atoms with Crippen molar-refractivity contribution < 1.29 is 4.79 Å². The Balaban J connectivity index is 1.85. The zero-order valence-corrected chi connectivity index (χ0v) is 15.2. The van der Waals surface area contributed by atoms with Gasteiger partial charge in [0.05, 0.1) is 5.69 Å². The minimum Gasteiger partial charge on any atom is -0.356 e. The van der Waals surface area contributed by atoms with Gasteiger partial charge in [0.1, 0.15) is 0 Å². The van der Waals surface area contributed by atoms with Crippen LogP contribution in [0.1, 0.15) is 94.2 Å². The highest BCUT2D eigenvalue weighted by Gasteiger charge is 1.97. The molecule has 2 nitrogen and oxygen atoms in total. The van der Waals surface area contributed by atoms with Crippen molar-refractivity contribution in [1.82, 2.24) is 4.98 Å². The Morgan fingerprint density at radius 2 is 1.57 bits per heavy atom. The lowest BCUT2D eigenvalue weighted by Crippen LogP contribution is -1.87. The lowest BCUT2D eigenvalue weighted by molar-refractivity contribution is 0.111. The number of carbonyl (C=O) groups is 1. The molecule has 0 saturated carbocycles. The Hall–Kier alpha value is -1.31. The summed E-state index contributed by atoms with van der Waals surface area (Å²) in [6.45, 7) is 4.61. The molecule has 1 aromatic heterocycles. The molecule has 0 amide bonds. The molecular weight excluding hydrogens is 282 g/mol. The van der Waals surface area contributed by atoms with Crippen molar-refractivity contribution in [3.63, 3.8) is 0 Å².